The van der Waals surface area contributed by atoms with Crippen LogP contribution >= 0.6 is 0 Å². The number of rotatable bonds is 6. The summed E-state index contributed by atoms with van der Waals surface area (Å²) in [5, 5.41) is 9.43. The molecule has 7 nitrogen and oxygen atoms in total. The zero-order valence-electron chi connectivity index (χ0n) is 24.4. The molecule has 3 aromatic heterocycles. The summed E-state index contributed by atoms with van der Waals surface area (Å²) in [6, 6.07) is 42.8. The van der Waals surface area contributed by atoms with Crippen LogP contribution in [0.4, 0.5) is 5.69 Å². The highest BCUT2D eigenvalue weighted by molar-refractivity contribution is 5.75. The molecule has 0 atom stereocenters. The Morgan fingerprint density at radius 1 is 0.478 bits per heavy atom. The molecule has 7 rings (SSSR count). The first-order valence-corrected chi connectivity index (χ1v) is 14.5. The molecule has 0 unspecified atom stereocenters. The number of nitrogens with zero attached hydrogens (tertiary/aromatic N) is 7. The average molecular weight is 590 g/mol. The van der Waals surface area contributed by atoms with Gasteiger partial charge in [0.1, 0.15) is 0 Å². The lowest BCUT2D eigenvalue weighted by atomic mass is 10.0. The second-order valence-electron chi connectivity index (χ2n) is 10.5. The zero-order valence-corrected chi connectivity index (χ0v) is 24.4. The summed E-state index contributed by atoms with van der Waals surface area (Å²) < 4.78 is 0. The summed E-state index contributed by atoms with van der Waals surface area (Å²) in [5.41, 5.74) is 8.86. The van der Waals surface area contributed by atoms with Crippen molar-refractivity contribution in [2.45, 2.75) is 0 Å². The fraction of sp³-hybridized carbons (Fsp3) is 0. The van der Waals surface area contributed by atoms with Crippen LogP contribution in [0.5, 0.6) is 0 Å². The molecule has 0 spiro atoms. The van der Waals surface area contributed by atoms with Gasteiger partial charge < -0.3 is 0 Å². The molecule has 0 saturated heterocycles. The van der Waals surface area contributed by atoms with Gasteiger partial charge in [-0.2, -0.15) is 5.26 Å². The van der Waals surface area contributed by atoms with Crippen LogP contribution in [0.1, 0.15) is 5.56 Å². The van der Waals surface area contributed by atoms with Gasteiger partial charge in [-0.15, -0.1) is 0 Å². The Kier molecular flexibility index (Phi) is 7.55. The van der Waals surface area contributed by atoms with E-state index in [1.54, 1.807) is 30.6 Å². The quantitative estimate of drug-likeness (QED) is 0.180. The fourth-order valence-corrected chi connectivity index (χ4v) is 5.13. The van der Waals surface area contributed by atoms with Crippen molar-refractivity contribution >= 4 is 5.69 Å². The molecular formula is C39H23N7. The first kappa shape index (κ1) is 28.0. The van der Waals surface area contributed by atoms with E-state index >= 15 is 0 Å². The van der Waals surface area contributed by atoms with Gasteiger partial charge in [0.25, 0.3) is 0 Å². The van der Waals surface area contributed by atoms with E-state index < -0.39 is 0 Å². The Bertz CT molecular complexity index is 2100. The predicted octanol–water partition coefficient (Wildman–Crippen LogP) is 9.09. The minimum atomic E-state index is 0.424. The number of pyridine rings is 2. The van der Waals surface area contributed by atoms with E-state index in [1.165, 1.54) is 0 Å². The monoisotopic (exact) mass is 589 g/mol. The van der Waals surface area contributed by atoms with Gasteiger partial charge in [0, 0.05) is 45.8 Å². The van der Waals surface area contributed by atoms with Crippen molar-refractivity contribution in [1.82, 2.24) is 24.9 Å². The Morgan fingerprint density at radius 2 is 0.913 bits per heavy atom. The second kappa shape index (κ2) is 12.4. The van der Waals surface area contributed by atoms with E-state index in [9.17, 15) is 5.26 Å². The van der Waals surface area contributed by atoms with Gasteiger partial charge in [-0.3, -0.25) is 9.97 Å². The molecule has 0 amide bonds. The molecule has 0 N–H and O–H groups in total. The molecule has 0 bridgehead atoms. The lowest BCUT2D eigenvalue weighted by Gasteiger charge is -2.10. The van der Waals surface area contributed by atoms with Gasteiger partial charge in [0.2, 0.25) is 0 Å². The van der Waals surface area contributed by atoms with Gasteiger partial charge in [0.05, 0.1) is 24.0 Å². The minimum absolute atomic E-state index is 0.424. The standard InChI is InChI=1S/C39H23N7/c1-41-34-23-26(25-40)22-33(24-34)27-8-14-30(15-9-27)37-44-38(31-16-10-28(11-17-31)35-6-2-4-20-42-35)46-39(45-37)32-18-12-29(13-19-32)36-7-3-5-21-43-36/h2-24H. The van der Waals surface area contributed by atoms with Crippen molar-refractivity contribution in [3.05, 3.63) is 157 Å². The Morgan fingerprint density at radius 3 is 1.30 bits per heavy atom. The predicted molar refractivity (Wildman–Crippen MR) is 179 cm³/mol. The summed E-state index contributed by atoms with van der Waals surface area (Å²) in [7, 11) is 0. The number of hydrogen-bond acceptors (Lipinski definition) is 6. The van der Waals surface area contributed by atoms with Crippen LogP contribution in [0.15, 0.2) is 140 Å². The van der Waals surface area contributed by atoms with E-state index in [0.717, 1.165) is 50.3 Å². The maximum absolute atomic E-state index is 9.43. The van der Waals surface area contributed by atoms with Crippen LogP contribution in [0, 0.1) is 17.9 Å². The SMILES string of the molecule is [C-]#[N+]c1cc(C#N)cc(-c2ccc(-c3nc(-c4ccc(-c5ccccn5)cc4)nc(-c4ccc(-c5ccccn5)cc4)n3)cc2)c1. The summed E-state index contributed by atoms with van der Waals surface area (Å²) in [6.07, 6.45) is 3.56. The van der Waals surface area contributed by atoms with Crippen molar-refractivity contribution < 1.29 is 0 Å². The van der Waals surface area contributed by atoms with Crippen LogP contribution in [0.2, 0.25) is 0 Å². The molecule has 214 valence electrons. The van der Waals surface area contributed by atoms with E-state index in [0.29, 0.717) is 28.7 Å². The fourth-order valence-electron chi connectivity index (χ4n) is 5.13. The third kappa shape index (κ3) is 5.85. The molecule has 0 radical (unpaired) electrons. The average Bonchev–Trinajstić information content (AvgIpc) is 3.15. The highest BCUT2D eigenvalue weighted by atomic mass is 15.0. The Labute approximate surface area is 266 Å². The molecule has 4 aromatic carbocycles. The third-order valence-corrected chi connectivity index (χ3v) is 7.50. The van der Waals surface area contributed by atoms with Crippen molar-refractivity contribution in [2.24, 2.45) is 0 Å². The van der Waals surface area contributed by atoms with Gasteiger partial charge in [-0.1, -0.05) is 84.9 Å². The summed E-state index contributed by atoms with van der Waals surface area (Å²) in [4.78, 5) is 27.1. The molecule has 3 heterocycles. The van der Waals surface area contributed by atoms with E-state index in [1.807, 2.05) is 109 Å². The first-order chi connectivity index (χ1) is 22.7. The zero-order chi connectivity index (χ0) is 31.3. The smallest absolute Gasteiger partial charge is 0.189 e. The maximum atomic E-state index is 9.43. The van der Waals surface area contributed by atoms with Gasteiger partial charge in [-0.05, 0) is 53.6 Å². The van der Waals surface area contributed by atoms with Gasteiger partial charge in [0.15, 0.2) is 23.2 Å². The molecule has 0 saturated carbocycles. The summed E-state index contributed by atoms with van der Waals surface area (Å²) in [6.45, 7) is 7.40. The molecule has 0 aliphatic rings. The van der Waals surface area contributed by atoms with Gasteiger partial charge >= 0.3 is 0 Å². The molecule has 7 heteroatoms. The van der Waals surface area contributed by atoms with E-state index in [4.69, 9.17) is 21.5 Å². The summed E-state index contributed by atoms with van der Waals surface area (Å²) in [5.74, 6) is 1.63. The maximum Gasteiger partial charge on any atom is 0.189 e. The summed E-state index contributed by atoms with van der Waals surface area (Å²) >= 11 is 0. The van der Waals surface area contributed by atoms with Crippen LogP contribution in [-0.2, 0) is 0 Å². The number of nitriles is 1. The van der Waals surface area contributed by atoms with Crippen LogP contribution in [0.25, 0.3) is 72.7 Å². The molecule has 46 heavy (non-hydrogen) atoms. The van der Waals surface area contributed by atoms with Crippen LogP contribution in [-0.4, -0.2) is 24.9 Å². The van der Waals surface area contributed by atoms with Crippen molar-refractivity contribution in [3.8, 4) is 73.9 Å². The number of benzene rings is 4. The number of hydrogen-bond donors (Lipinski definition) is 0. The first-order valence-electron chi connectivity index (χ1n) is 14.5. The minimum Gasteiger partial charge on any atom is -0.256 e. The molecule has 0 aliphatic heterocycles. The normalized spacial score (nSPS) is 10.6. The Balaban J connectivity index is 1.29. The molecule has 0 aliphatic carbocycles. The molecule has 0 fully saturated rings. The number of aromatic nitrogens is 5. The highest BCUT2D eigenvalue weighted by Crippen LogP contribution is 2.31. The second-order valence-corrected chi connectivity index (χ2v) is 10.5. The lowest BCUT2D eigenvalue weighted by molar-refractivity contribution is 1.07. The largest absolute Gasteiger partial charge is 0.256 e. The van der Waals surface area contributed by atoms with Crippen molar-refractivity contribution in [1.29, 1.82) is 5.26 Å². The Hall–Kier alpha value is -6.83. The molecule has 7 aromatic rings. The van der Waals surface area contributed by atoms with Crippen molar-refractivity contribution in [2.75, 3.05) is 0 Å². The van der Waals surface area contributed by atoms with Crippen LogP contribution < -0.4 is 0 Å². The topological polar surface area (TPSA) is 92.6 Å². The highest BCUT2D eigenvalue weighted by Gasteiger charge is 2.14. The van der Waals surface area contributed by atoms with E-state index in [-0.39, 0.29) is 0 Å². The third-order valence-electron chi connectivity index (χ3n) is 7.50. The van der Waals surface area contributed by atoms with Crippen molar-refractivity contribution in [3.63, 3.8) is 0 Å². The lowest BCUT2D eigenvalue weighted by Crippen LogP contribution is -2.00. The van der Waals surface area contributed by atoms with Crippen LogP contribution in [0.3, 0.4) is 0 Å². The molecular weight excluding hydrogens is 566 g/mol. The van der Waals surface area contributed by atoms with Gasteiger partial charge in [-0.25, -0.2) is 19.8 Å². The van der Waals surface area contributed by atoms with E-state index in [2.05, 4.69) is 20.9 Å².